The summed E-state index contributed by atoms with van der Waals surface area (Å²) in [6.07, 6.45) is 12.1. The molecule has 0 spiro atoms. The van der Waals surface area contributed by atoms with Crippen molar-refractivity contribution in [3.8, 4) is 0 Å². The molecular weight excluding hydrogens is 246 g/mol. The summed E-state index contributed by atoms with van der Waals surface area (Å²) in [5, 5.41) is 4.93. The molecule has 0 aliphatic heterocycles. The summed E-state index contributed by atoms with van der Waals surface area (Å²) in [5.41, 5.74) is 2.55. The van der Waals surface area contributed by atoms with Gasteiger partial charge in [0.15, 0.2) is 0 Å². The van der Waals surface area contributed by atoms with E-state index in [4.69, 9.17) is 0 Å². The van der Waals surface area contributed by atoms with E-state index in [9.17, 15) is 0 Å². The van der Waals surface area contributed by atoms with E-state index in [2.05, 4.69) is 34.1 Å². The number of aryl methyl sites for hydroxylation is 1. The quantitative estimate of drug-likeness (QED) is 0.739. The van der Waals surface area contributed by atoms with E-state index in [0.29, 0.717) is 0 Å². The molecule has 0 bridgehead atoms. The smallest absolute Gasteiger partial charge is 0.140 e. The van der Waals surface area contributed by atoms with Crippen molar-refractivity contribution in [1.29, 1.82) is 0 Å². The molecule has 2 aromatic rings. The minimum atomic E-state index is 0.759. The minimum absolute atomic E-state index is 0.759. The van der Waals surface area contributed by atoms with E-state index < -0.39 is 0 Å². The van der Waals surface area contributed by atoms with E-state index in [-0.39, 0.29) is 0 Å². The first-order valence-corrected chi connectivity index (χ1v) is 8.04. The number of aromatic nitrogens is 2. The number of nitrogens with one attached hydrogen (secondary N) is 1. The molecule has 0 saturated heterocycles. The Labute approximate surface area is 121 Å². The molecule has 3 rings (SSSR count). The third-order valence-corrected chi connectivity index (χ3v) is 4.13. The average Bonchev–Trinajstić information content (AvgIpc) is 3.24. The minimum Gasteiger partial charge on any atom is -0.332 e. The third kappa shape index (κ3) is 3.21. The first-order valence-electron chi connectivity index (χ1n) is 8.04. The lowest BCUT2D eigenvalue weighted by Crippen LogP contribution is -2.14. The molecule has 1 fully saturated rings. The standard InChI is InChI=1S/C17H25N3/c1-2-3-4-5-11-20-13-14(12-19-15-8-9-15)16-7-6-10-18-17(16)20/h6-7,10,13,15,19H,2-5,8-9,11-12H2,1H3. The van der Waals surface area contributed by atoms with Crippen molar-refractivity contribution in [3.05, 3.63) is 30.1 Å². The van der Waals surface area contributed by atoms with Crippen LogP contribution in [-0.4, -0.2) is 15.6 Å². The zero-order chi connectivity index (χ0) is 13.8. The number of hydrogen-bond donors (Lipinski definition) is 1. The van der Waals surface area contributed by atoms with Gasteiger partial charge in [0.05, 0.1) is 0 Å². The van der Waals surface area contributed by atoms with Gasteiger partial charge in [-0.15, -0.1) is 0 Å². The highest BCUT2D eigenvalue weighted by atomic mass is 15.0. The van der Waals surface area contributed by atoms with Gasteiger partial charge < -0.3 is 9.88 Å². The van der Waals surface area contributed by atoms with Crippen LogP contribution in [0.4, 0.5) is 0 Å². The monoisotopic (exact) mass is 271 g/mol. The van der Waals surface area contributed by atoms with Crippen LogP contribution in [0.15, 0.2) is 24.5 Å². The van der Waals surface area contributed by atoms with Gasteiger partial charge in [-0.3, -0.25) is 0 Å². The number of hydrogen-bond acceptors (Lipinski definition) is 2. The molecule has 108 valence electrons. The van der Waals surface area contributed by atoms with Crippen LogP contribution in [-0.2, 0) is 13.1 Å². The van der Waals surface area contributed by atoms with Crippen LogP contribution in [0, 0.1) is 0 Å². The summed E-state index contributed by atoms with van der Waals surface area (Å²) in [7, 11) is 0. The lowest BCUT2D eigenvalue weighted by molar-refractivity contribution is 0.589. The molecule has 0 atom stereocenters. The van der Waals surface area contributed by atoms with Gasteiger partial charge in [0, 0.05) is 36.9 Å². The summed E-state index contributed by atoms with van der Waals surface area (Å²) in [6.45, 7) is 4.33. The normalized spacial score (nSPS) is 15.1. The molecule has 2 heterocycles. The van der Waals surface area contributed by atoms with E-state index >= 15 is 0 Å². The van der Waals surface area contributed by atoms with Crippen molar-refractivity contribution in [2.75, 3.05) is 0 Å². The van der Waals surface area contributed by atoms with E-state index in [1.165, 1.54) is 49.5 Å². The molecule has 20 heavy (non-hydrogen) atoms. The van der Waals surface area contributed by atoms with Crippen LogP contribution >= 0.6 is 0 Å². The van der Waals surface area contributed by atoms with E-state index in [1.54, 1.807) is 0 Å². The maximum atomic E-state index is 4.58. The SMILES string of the molecule is CCCCCCn1cc(CNC2CC2)c2cccnc21. The predicted octanol–water partition coefficient (Wildman–Crippen LogP) is 3.87. The van der Waals surface area contributed by atoms with Crippen molar-refractivity contribution < 1.29 is 0 Å². The van der Waals surface area contributed by atoms with Gasteiger partial charge in [0.2, 0.25) is 0 Å². The van der Waals surface area contributed by atoms with Crippen LogP contribution in [0.3, 0.4) is 0 Å². The highest BCUT2D eigenvalue weighted by molar-refractivity contribution is 5.80. The van der Waals surface area contributed by atoms with Gasteiger partial charge in [-0.25, -0.2) is 4.98 Å². The Bertz CT molecular complexity index is 554. The molecule has 3 heteroatoms. The average molecular weight is 271 g/mol. The fourth-order valence-corrected chi connectivity index (χ4v) is 2.76. The van der Waals surface area contributed by atoms with Crippen LogP contribution in [0.1, 0.15) is 51.0 Å². The number of pyridine rings is 1. The summed E-state index contributed by atoms with van der Waals surface area (Å²) in [5.74, 6) is 0. The molecule has 1 aliphatic rings. The molecule has 2 aromatic heterocycles. The Kier molecular flexibility index (Phi) is 4.36. The summed E-state index contributed by atoms with van der Waals surface area (Å²) < 4.78 is 2.34. The predicted molar refractivity (Wildman–Crippen MR) is 83.7 cm³/mol. The maximum absolute atomic E-state index is 4.58. The Morgan fingerprint density at radius 2 is 2.20 bits per heavy atom. The van der Waals surface area contributed by atoms with Crippen LogP contribution in [0.2, 0.25) is 0 Å². The zero-order valence-corrected chi connectivity index (χ0v) is 12.4. The molecule has 0 radical (unpaired) electrons. The lowest BCUT2D eigenvalue weighted by Gasteiger charge is -2.03. The topological polar surface area (TPSA) is 29.9 Å². The largest absolute Gasteiger partial charge is 0.332 e. The second-order valence-corrected chi connectivity index (χ2v) is 5.94. The van der Waals surface area contributed by atoms with Gasteiger partial charge in [-0.2, -0.15) is 0 Å². The van der Waals surface area contributed by atoms with Gasteiger partial charge in [-0.05, 0) is 37.0 Å². The molecule has 0 aromatic carbocycles. The fourth-order valence-electron chi connectivity index (χ4n) is 2.76. The molecule has 0 amide bonds. The molecular formula is C17H25N3. The van der Waals surface area contributed by atoms with Gasteiger partial charge in [0.25, 0.3) is 0 Å². The van der Waals surface area contributed by atoms with Crippen LogP contribution < -0.4 is 5.32 Å². The zero-order valence-electron chi connectivity index (χ0n) is 12.4. The van der Waals surface area contributed by atoms with E-state index in [1.807, 2.05) is 12.3 Å². The number of fused-ring (bicyclic) bond motifs is 1. The van der Waals surface area contributed by atoms with Gasteiger partial charge >= 0.3 is 0 Å². The van der Waals surface area contributed by atoms with Crippen molar-refractivity contribution in [1.82, 2.24) is 14.9 Å². The van der Waals surface area contributed by atoms with Crippen LogP contribution in [0.5, 0.6) is 0 Å². The molecule has 1 saturated carbocycles. The molecule has 1 N–H and O–H groups in total. The van der Waals surface area contributed by atoms with E-state index in [0.717, 1.165) is 24.8 Å². The Morgan fingerprint density at radius 3 is 3.00 bits per heavy atom. The first kappa shape index (κ1) is 13.6. The Hall–Kier alpha value is -1.35. The van der Waals surface area contributed by atoms with Gasteiger partial charge in [-0.1, -0.05) is 26.2 Å². The second kappa shape index (κ2) is 6.40. The first-order chi connectivity index (χ1) is 9.88. The lowest BCUT2D eigenvalue weighted by atomic mass is 10.2. The number of unbranched alkanes of at least 4 members (excludes halogenated alkanes) is 3. The van der Waals surface area contributed by atoms with Crippen molar-refractivity contribution in [3.63, 3.8) is 0 Å². The Morgan fingerprint density at radius 1 is 1.30 bits per heavy atom. The van der Waals surface area contributed by atoms with Crippen molar-refractivity contribution >= 4 is 11.0 Å². The fraction of sp³-hybridized carbons (Fsp3) is 0.588. The van der Waals surface area contributed by atoms with Gasteiger partial charge in [0.1, 0.15) is 5.65 Å². The highest BCUT2D eigenvalue weighted by Crippen LogP contribution is 2.23. The molecule has 0 unspecified atom stereocenters. The second-order valence-electron chi connectivity index (χ2n) is 5.94. The van der Waals surface area contributed by atoms with Crippen molar-refractivity contribution in [2.24, 2.45) is 0 Å². The number of nitrogens with zero attached hydrogens (tertiary/aromatic N) is 2. The highest BCUT2D eigenvalue weighted by Gasteiger charge is 2.20. The molecule has 1 aliphatic carbocycles. The Balaban J connectivity index is 1.72. The maximum Gasteiger partial charge on any atom is 0.140 e. The van der Waals surface area contributed by atoms with Crippen LogP contribution in [0.25, 0.3) is 11.0 Å². The summed E-state index contributed by atoms with van der Waals surface area (Å²) in [4.78, 5) is 4.58. The molecule has 3 nitrogen and oxygen atoms in total. The summed E-state index contributed by atoms with van der Waals surface area (Å²) >= 11 is 0. The summed E-state index contributed by atoms with van der Waals surface area (Å²) in [6, 6.07) is 5.01. The van der Waals surface area contributed by atoms with Crippen molar-refractivity contribution in [2.45, 2.75) is 64.6 Å². The number of rotatable bonds is 8. The third-order valence-electron chi connectivity index (χ3n) is 4.13.